The van der Waals surface area contributed by atoms with Crippen LogP contribution in [0.5, 0.6) is 6.01 Å². The number of hydrogen-bond donors (Lipinski definition) is 2. The molecule has 1 aromatic heterocycles. The second-order valence-corrected chi connectivity index (χ2v) is 2.93. The largest absolute Gasteiger partial charge is 0.468 e. The van der Waals surface area contributed by atoms with Crippen LogP contribution in [0.4, 0.5) is 0 Å². The van der Waals surface area contributed by atoms with Gasteiger partial charge in [-0.1, -0.05) is 0 Å². The molecule has 0 atom stereocenters. The summed E-state index contributed by atoms with van der Waals surface area (Å²) >= 11 is 0. The average Bonchev–Trinajstić information content (AvgIpc) is 2.18. The summed E-state index contributed by atoms with van der Waals surface area (Å²) in [6.45, 7) is 1.47. The molecule has 0 saturated carbocycles. The van der Waals surface area contributed by atoms with Crippen LogP contribution in [0.1, 0.15) is 11.3 Å². The Bertz CT molecular complexity index is 372. The number of ether oxygens (including phenoxy) is 1. The highest BCUT2D eigenvalue weighted by atomic mass is 16.5. The van der Waals surface area contributed by atoms with Crippen molar-refractivity contribution in [3.63, 3.8) is 0 Å². The molecule has 5 heteroatoms. The van der Waals surface area contributed by atoms with Crippen molar-refractivity contribution in [3.05, 3.63) is 21.6 Å². The molecule has 0 aromatic carbocycles. The van der Waals surface area contributed by atoms with Gasteiger partial charge in [-0.3, -0.25) is 9.78 Å². The first-order chi connectivity index (χ1) is 6.31. The van der Waals surface area contributed by atoms with Crippen LogP contribution in [-0.4, -0.2) is 23.6 Å². The second-order valence-electron chi connectivity index (χ2n) is 2.93. The van der Waals surface area contributed by atoms with Gasteiger partial charge in [0.15, 0.2) is 0 Å². The maximum Gasteiger partial charge on any atom is 0.296 e. The molecule has 70 valence electrons. The maximum absolute atomic E-state index is 11.4. The molecule has 1 aliphatic heterocycles. The van der Waals surface area contributed by atoms with Gasteiger partial charge in [0.2, 0.25) is 0 Å². The van der Waals surface area contributed by atoms with E-state index in [0.29, 0.717) is 12.6 Å². The molecule has 2 rings (SSSR count). The number of aromatic amines is 1. The highest BCUT2D eigenvalue weighted by molar-refractivity contribution is 5.21. The lowest BCUT2D eigenvalue weighted by molar-refractivity contribution is 0.374. The van der Waals surface area contributed by atoms with Gasteiger partial charge in [0.1, 0.15) is 0 Å². The molecule has 13 heavy (non-hydrogen) atoms. The van der Waals surface area contributed by atoms with Crippen molar-refractivity contribution in [1.82, 2.24) is 15.3 Å². The number of methoxy groups -OCH3 is 1. The van der Waals surface area contributed by atoms with E-state index in [2.05, 4.69) is 15.3 Å². The summed E-state index contributed by atoms with van der Waals surface area (Å²) in [7, 11) is 1.49. The van der Waals surface area contributed by atoms with Gasteiger partial charge >= 0.3 is 0 Å². The van der Waals surface area contributed by atoms with Crippen LogP contribution in [0.3, 0.4) is 0 Å². The minimum Gasteiger partial charge on any atom is -0.468 e. The first-order valence-electron chi connectivity index (χ1n) is 4.18. The molecule has 2 N–H and O–H groups in total. The summed E-state index contributed by atoms with van der Waals surface area (Å²) in [6.07, 6.45) is 0.787. The zero-order valence-electron chi connectivity index (χ0n) is 7.39. The summed E-state index contributed by atoms with van der Waals surface area (Å²) in [5.41, 5.74) is 1.47. The standard InChI is InChI=1S/C8H11N3O2/c1-13-8-10-6-2-3-9-4-5(6)7(12)11-8/h9H,2-4H2,1H3,(H,10,11,12). The molecule has 0 unspecified atom stereocenters. The Kier molecular flexibility index (Phi) is 2.02. The number of fused-ring (bicyclic) bond motifs is 1. The van der Waals surface area contributed by atoms with Gasteiger partial charge in [-0.05, 0) is 0 Å². The zero-order valence-corrected chi connectivity index (χ0v) is 7.39. The first kappa shape index (κ1) is 8.25. The molecule has 0 saturated heterocycles. The molecule has 0 spiro atoms. The van der Waals surface area contributed by atoms with E-state index in [4.69, 9.17) is 4.74 Å². The molecular weight excluding hydrogens is 170 g/mol. The van der Waals surface area contributed by atoms with Crippen LogP contribution >= 0.6 is 0 Å². The summed E-state index contributed by atoms with van der Waals surface area (Å²) in [5, 5.41) is 3.12. The van der Waals surface area contributed by atoms with E-state index in [1.807, 2.05) is 0 Å². The minimum atomic E-state index is -0.103. The van der Waals surface area contributed by atoms with E-state index in [0.717, 1.165) is 24.2 Å². The Morgan fingerprint density at radius 2 is 2.38 bits per heavy atom. The lowest BCUT2D eigenvalue weighted by Gasteiger charge is -2.14. The SMILES string of the molecule is COc1nc2c(c(=O)[nH]1)CNCC2. The van der Waals surface area contributed by atoms with Gasteiger partial charge in [0.05, 0.1) is 18.4 Å². The third-order valence-corrected chi connectivity index (χ3v) is 2.11. The van der Waals surface area contributed by atoms with Crippen molar-refractivity contribution in [2.24, 2.45) is 0 Å². The number of nitrogens with one attached hydrogen (secondary N) is 2. The van der Waals surface area contributed by atoms with Gasteiger partial charge in [0, 0.05) is 19.5 Å². The van der Waals surface area contributed by atoms with Crippen molar-refractivity contribution in [1.29, 1.82) is 0 Å². The zero-order chi connectivity index (χ0) is 9.26. The Labute approximate surface area is 75.1 Å². The Morgan fingerprint density at radius 3 is 3.15 bits per heavy atom. The fourth-order valence-electron chi connectivity index (χ4n) is 1.43. The molecule has 1 aromatic rings. The molecule has 0 aliphatic carbocycles. The van der Waals surface area contributed by atoms with E-state index in [9.17, 15) is 4.79 Å². The molecule has 5 nitrogen and oxygen atoms in total. The van der Waals surface area contributed by atoms with E-state index >= 15 is 0 Å². The molecule has 2 heterocycles. The van der Waals surface area contributed by atoms with Crippen molar-refractivity contribution >= 4 is 0 Å². The average molecular weight is 181 g/mol. The molecular formula is C8H11N3O2. The summed E-state index contributed by atoms with van der Waals surface area (Å²) in [4.78, 5) is 18.2. The van der Waals surface area contributed by atoms with Gasteiger partial charge in [-0.2, -0.15) is 0 Å². The number of rotatable bonds is 1. The normalized spacial score (nSPS) is 15.2. The molecule has 1 aliphatic rings. The van der Waals surface area contributed by atoms with Crippen molar-refractivity contribution in [2.75, 3.05) is 13.7 Å². The molecule has 0 amide bonds. The van der Waals surface area contributed by atoms with Gasteiger partial charge in [-0.25, -0.2) is 4.98 Å². The van der Waals surface area contributed by atoms with Crippen LogP contribution in [0, 0.1) is 0 Å². The summed E-state index contributed by atoms with van der Waals surface area (Å²) in [6, 6.07) is 0.297. The van der Waals surface area contributed by atoms with Crippen LogP contribution in [0.2, 0.25) is 0 Å². The van der Waals surface area contributed by atoms with Gasteiger partial charge in [-0.15, -0.1) is 0 Å². The van der Waals surface area contributed by atoms with Crippen LogP contribution < -0.4 is 15.6 Å². The van der Waals surface area contributed by atoms with E-state index in [-0.39, 0.29) is 5.56 Å². The Hall–Kier alpha value is -1.36. The van der Waals surface area contributed by atoms with Crippen LogP contribution in [-0.2, 0) is 13.0 Å². The smallest absolute Gasteiger partial charge is 0.296 e. The second kappa shape index (κ2) is 3.18. The van der Waals surface area contributed by atoms with Gasteiger partial charge in [0.25, 0.3) is 11.6 Å². The topological polar surface area (TPSA) is 67.0 Å². The van der Waals surface area contributed by atoms with Crippen molar-refractivity contribution < 1.29 is 4.74 Å². The summed E-state index contributed by atoms with van der Waals surface area (Å²) in [5.74, 6) is 0. The maximum atomic E-state index is 11.4. The Balaban J connectivity index is 2.53. The molecule has 0 fully saturated rings. The molecule has 0 bridgehead atoms. The fraction of sp³-hybridized carbons (Fsp3) is 0.500. The number of hydrogen-bond acceptors (Lipinski definition) is 4. The van der Waals surface area contributed by atoms with Crippen molar-refractivity contribution in [2.45, 2.75) is 13.0 Å². The number of H-pyrrole nitrogens is 1. The fourth-order valence-corrected chi connectivity index (χ4v) is 1.43. The minimum absolute atomic E-state index is 0.103. The highest BCUT2D eigenvalue weighted by Crippen LogP contribution is 2.08. The van der Waals surface area contributed by atoms with Crippen molar-refractivity contribution in [3.8, 4) is 6.01 Å². The predicted molar refractivity (Wildman–Crippen MR) is 46.8 cm³/mol. The monoisotopic (exact) mass is 181 g/mol. The quantitative estimate of drug-likeness (QED) is 0.608. The number of nitrogens with zero attached hydrogens (tertiary/aromatic N) is 1. The molecule has 0 radical (unpaired) electrons. The predicted octanol–water partition coefficient (Wildman–Crippen LogP) is -0.576. The van der Waals surface area contributed by atoms with E-state index in [1.165, 1.54) is 7.11 Å². The summed E-state index contributed by atoms with van der Waals surface area (Å²) < 4.78 is 4.87. The third kappa shape index (κ3) is 1.42. The van der Waals surface area contributed by atoms with E-state index in [1.54, 1.807) is 0 Å². The van der Waals surface area contributed by atoms with Crippen LogP contribution in [0.15, 0.2) is 4.79 Å². The lowest BCUT2D eigenvalue weighted by atomic mass is 10.1. The van der Waals surface area contributed by atoms with Gasteiger partial charge < -0.3 is 10.1 Å². The third-order valence-electron chi connectivity index (χ3n) is 2.11. The lowest BCUT2D eigenvalue weighted by Crippen LogP contribution is -2.31. The highest BCUT2D eigenvalue weighted by Gasteiger charge is 2.14. The van der Waals surface area contributed by atoms with E-state index < -0.39 is 0 Å². The number of aromatic nitrogens is 2. The van der Waals surface area contributed by atoms with Crippen LogP contribution in [0.25, 0.3) is 0 Å². The Morgan fingerprint density at radius 1 is 1.54 bits per heavy atom. The first-order valence-corrected chi connectivity index (χ1v) is 4.18.